The van der Waals surface area contributed by atoms with E-state index < -0.39 is 10.1 Å². The molecule has 0 heterocycles. The Bertz CT molecular complexity index is 1170. The van der Waals surface area contributed by atoms with Crippen molar-refractivity contribution in [2.24, 2.45) is 10.2 Å². The highest BCUT2D eigenvalue weighted by Crippen LogP contribution is 2.35. The number of rotatable bonds is 4. The van der Waals surface area contributed by atoms with Crippen LogP contribution >= 0.6 is 0 Å². The van der Waals surface area contributed by atoms with Gasteiger partial charge in [0.2, 0.25) is 5.91 Å². The van der Waals surface area contributed by atoms with E-state index in [4.69, 9.17) is 5.73 Å². The molecule has 8 nitrogen and oxygen atoms in total. The number of azo groups is 1. The van der Waals surface area contributed by atoms with Gasteiger partial charge >= 0.3 is 0 Å². The van der Waals surface area contributed by atoms with Crippen LogP contribution in [0.5, 0.6) is 0 Å². The summed E-state index contributed by atoms with van der Waals surface area (Å²) >= 11 is 0. The molecule has 3 aromatic carbocycles. The van der Waals surface area contributed by atoms with Gasteiger partial charge in [0, 0.05) is 18.0 Å². The van der Waals surface area contributed by atoms with Gasteiger partial charge in [-0.15, -0.1) is 10.2 Å². The molecule has 138 valence electrons. The van der Waals surface area contributed by atoms with Gasteiger partial charge in [0.1, 0.15) is 16.3 Å². The Morgan fingerprint density at radius 3 is 2.41 bits per heavy atom. The van der Waals surface area contributed by atoms with Gasteiger partial charge < -0.3 is 11.1 Å². The summed E-state index contributed by atoms with van der Waals surface area (Å²) in [6, 6.07) is 14.5. The van der Waals surface area contributed by atoms with Crippen LogP contribution in [0.25, 0.3) is 10.8 Å². The Morgan fingerprint density at radius 2 is 1.70 bits per heavy atom. The lowest BCUT2D eigenvalue weighted by atomic mass is 10.1. The van der Waals surface area contributed by atoms with Crippen LogP contribution in [0, 0.1) is 0 Å². The van der Waals surface area contributed by atoms with E-state index in [1.807, 2.05) is 0 Å². The first-order valence-corrected chi connectivity index (χ1v) is 9.28. The highest BCUT2D eigenvalue weighted by atomic mass is 32.2. The number of benzene rings is 3. The van der Waals surface area contributed by atoms with E-state index >= 15 is 0 Å². The van der Waals surface area contributed by atoms with Gasteiger partial charge in [-0.25, -0.2) is 0 Å². The van der Waals surface area contributed by atoms with E-state index in [0.29, 0.717) is 22.1 Å². The SMILES string of the molecule is CC(=O)Nc1cc(N)ccc1N=Nc1ccc2ccccc2c1S(=O)(=O)O. The van der Waals surface area contributed by atoms with E-state index in [-0.39, 0.29) is 22.2 Å². The van der Waals surface area contributed by atoms with Crippen molar-refractivity contribution in [1.29, 1.82) is 0 Å². The van der Waals surface area contributed by atoms with E-state index in [9.17, 15) is 17.8 Å². The Kier molecular flexibility index (Phi) is 4.89. The molecule has 9 heteroatoms. The number of nitrogens with two attached hydrogens (primary N) is 1. The summed E-state index contributed by atoms with van der Waals surface area (Å²) in [6.45, 7) is 1.34. The largest absolute Gasteiger partial charge is 0.399 e. The number of nitrogens with one attached hydrogen (secondary N) is 1. The fraction of sp³-hybridized carbons (Fsp3) is 0.0556. The quantitative estimate of drug-likeness (QED) is 0.354. The van der Waals surface area contributed by atoms with Crippen molar-refractivity contribution in [2.75, 3.05) is 11.1 Å². The molecule has 3 aromatic rings. The second kappa shape index (κ2) is 7.14. The molecular weight excluding hydrogens is 368 g/mol. The molecule has 0 aliphatic rings. The summed E-state index contributed by atoms with van der Waals surface area (Å²) < 4.78 is 33.5. The average molecular weight is 384 g/mol. The van der Waals surface area contributed by atoms with E-state index in [0.717, 1.165) is 0 Å². The van der Waals surface area contributed by atoms with Gasteiger partial charge in [-0.3, -0.25) is 9.35 Å². The number of nitrogen functional groups attached to an aromatic ring is 1. The molecule has 0 saturated heterocycles. The Hall–Kier alpha value is -3.30. The average Bonchev–Trinajstić information content (AvgIpc) is 2.59. The summed E-state index contributed by atoms with van der Waals surface area (Å²) in [7, 11) is -4.54. The minimum absolute atomic E-state index is 0.0261. The van der Waals surface area contributed by atoms with Crippen molar-refractivity contribution in [3.05, 3.63) is 54.6 Å². The number of anilines is 2. The molecule has 0 atom stereocenters. The van der Waals surface area contributed by atoms with E-state index in [1.54, 1.807) is 36.4 Å². The maximum Gasteiger partial charge on any atom is 0.297 e. The first kappa shape index (κ1) is 18.5. The molecular formula is C18H16N4O4S. The van der Waals surface area contributed by atoms with Crippen molar-refractivity contribution in [3.63, 3.8) is 0 Å². The molecule has 1 amide bonds. The van der Waals surface area contributed by atoms with Crippen LogP contribution in [0.4, 0.5) is 22.7 Å². The molecule has 3 rings (SSSR count). The van der Waals surface area contributed by atoms with Gasteiger partial charge in [0.25, 0.3) is 10.1 Å². The normalized spacial score (nSPS) is 11.8. The van der Waals surface area contributed by atoms with Crippen molar-refractivity contribution >= 4 is 49.5 Å². The van der Waals surface area contributed by atoms with Crippen LogP contribution in [0.3, 0.4) is 0 Å². The molecule has 0 unspecified atom stereocenters. The Labute approximate surface area is 155 Å². The number of hydrogen-bond donors (Lipinski definition) is 3. The topological polar surface area (TPSA) is 134 Å². The van der Waals surface area contributed by atoms with Crippen LogP contribution in [-0.2, 0) is 14.9 Å². The molecule has 4 N–H and O–H groups in total. The Balaban J connectivity index is 2.14. The molecule has 0 radical (unpaired) electrons. The standard InChI is InChI=1S/C18H16N4O4S/c1-11(23)20-17-10-13(19)7-9-15(17)21-22-16-8-6-12-4-2-3-5-14(12)18(16)27(24,25)26/h2-10H,19H2,1H3,(H,20,23)(H,24,25,26). The summed E-state index contributed by atoms with van der Waals surface area (Å²) in [6.07, 6.45) is 0. The Morgan fingerprint density at radius 1 is 1.04 bits per heavy atom. The number of fused-ring (bicyclic) bond motifs is 1. The smallest absolute Gasteiger partial charge is 0.297 e. The van der Waals surface area contributed by atoms with Gasteiger partial charge in [-0.1, -0.05) is 30.3 Å². The van der Waals surface area contributed by atoms with Crippen LogP contribution in [0.2, 0.25) is 0 Å². The summed E-state index contributed by atoms with van der Waals surface area (Å²) in [4.78, 5) is 11.0. The van der Waals surface area contributed by atoms with Crippen LogP contribution in [0.15, 0.2) is 69.7 Å². The fourth-order valence-electron chi connectivity index (χ4n) is 2.62. The third-order valence-corrected chi connectivity index (χ3v) is 4.66. The second-order valence-electron chi connectivity index (χ2n) is 5.77. The maximum absolute atomic E-state index is 11.9. The number of carbonyl (C=O) groups is 1. The highest BCUT2D eigenvalue weighted by Gasteiger charge is 2.19. The third kappa shape index (κ3) is 4.10. The number of hydrogen-bond acceptors (Lipinski definition) is 6. The van der Waals surface area contributed by atoms with Gasteiger partial charge in [-0.2, -0.15) is 8.42 Å². The highest BCUT2D eigenvalue weighted by molar-refractivity contribution is 7.86. The minimum atomic E-state index is -4.54. The first-order chi connectivity index (χ1) is 12.8. The lowest BCUT2D eigenvalue weighted by Crippen LogP contribution is -2.06. The zero-order chi connectivity index (χ0) is 19.6. The molecule has 0 aliphatic heterocycles. The molecule has 27 heavy (non-hydrogen) atoms. The second-order valence-corrected chi connectivity index (χ2v) is 7.13. The monoisotopic (exact) mass is 384 g/mol. The van der Waals surface area contributed by atoms with E-state index in [2.05, 4.69) is 15.5 Å². The van der Waals surface area contributed by atoms with Crippen molar-refractivity contribution in [2.45, 2.75) is 11.8 Å². The molecule has 0 bridgehead atoms. The van der Waals surface area contributed by atoms with Gasteiger partial charge in [-0.05, 0) is 29.7 Å². The van der Waals surface area contributed by atoms with Crippen LogP contribution in [0.1, 0.15) is 6.92 Å². The summed E-state index contributed by atoms with van der Waals surface area (Å²) in [5.74, 6) is -0.318. The van der Waals surface area contributed by atoms with Crippen molar-refractivity contribution < 1.29 is 17.8 Å². The number of carbonyl (C=O) groups excluding carboxylic acids is 1. The van der Waals surface area contributed by atoms with Crippen LogP contribution in [-0.4, -0.2) is 18.9 Å². The third-order valence-electron chi connectivity index (χ3n) is 3.71. The van der Waals surface area contributed by atoms with Gasteiger partial charge in [0.05, 0.1) is 5.69 Å². The first-order valence-electron chi connectivity index (χ1n) is 7.84. The maximum atomic E-state index is 11.9. The molecule has 0 saturated carbocycles. The van der Waals surface area contributed by atoms with Crippen LogP contribution < -0.4 is 11.1 Å². The summed E-state index contributed by atoms with van der Waals surface area (Å²) in [5.41, 5.74) is 6.73. The van der Waals surface area contributed by atoms with E-state index in [1.165, 1.54) is 25.1 Å². The zero-order valence-corrected chi connectivity index (χ0v) is 15.1. The molecule has 0 aromatic heterocycles. The molecule has 0 fully saturated rings. The minimum Gasteiger partial charge on any atom is -0.399 e. The lowest BCUT2D eigenvalue weighted by Gasteiger charge is -2.08. The number of amides is 1. The predicted molar refractivity (Wildman–Crippen MR) is 103 cm³/mol. The van der Waals surface area contributed by atoms with Gasteiger partial charge in [0.15, 0.2) is 0 Å². The number of nitrogens with zero attached hydrogens (tertiary/aromatic N) is 2. The molecule has 0 aliphatic carbocycles. The lowest BCUT2D eigenvalue weighted by molar-refractivity contribution is -0.114. The molecule has 0 spiro atoms. The summed E-state index contributed by atoms with van der Waals surface area (Å²) in [5, 5.41) is 11.6. The van der Waals surface area contributed by atoms with Crippen molar-refractivity contribution in [1.82, 2.24) is 0 Å². The zero-order valence-electron chi connectivity index (χ0n) is 14.2. The predicted octanol–water partition coefficient (Wildman–Crippen LogP) is 4.04. The fourth-order valence-corrected chi connectivity index (χ4v) is 3.46. The van der Waals surface area contributed by atoms with Crippen molar-refractivity contribution in [3.8, 4) is 0 Å².